The zero-order valence-corrected chi connectivity index (χ0v) is 21.8. The molecule has 5 nitrogen and oxygen atoms in total. The number of ether oxygens (including phenoxy) is 1. The van der Waals surface area contributed by atoms with E-state index in [0.717, 1.165) is 67.9 Å². The summed E-state index contributed by atoms with van der Waals surface area (Å²) in [5, 5.41) is 3.79. The van der Waals surface area contributed by atoms with E-state index >= 15 is 0 Å². The molecule has 1 atom stereocenters. The van der Waals surface area contributed by atoms with Crippen molar-refractivity contribution in [3.63, 3.8) is 0 Å². The Morgan fingerprint density at radius 3 is 2.59 bits per heavy atom. The highest BCUT2D eigenvalue weighted by Gasteiger charge is 2.28. The van der Waals surface area contributed by atoms with Crippen LogP contribution < -0.4 is 16.2 Å². The Kier molecular flexibility index (Phi) is 8.72. The van der Waals surface area contributed by atoms with Crippen LogP contribution in [0.25, 0.3) is 11.3 Å². The van der Waals surface area contributed by atoms with Gasteiger partial charge < -0.3 is 16.2 Å². The minimum Gasteiger partial charge on any atom is -0.490 e. The lowest BCUT2D eigenvalue weighted by Crippen LogP contribution is -2.39. The van der Waals surface area contributed by atoms with Crippen molar-refractivity contribution in [3.05, 3.63) is 63.0 Å². The summed E-state index contributed by atoms with van der Waals surface area (Å²) in [6.45, 7) is 5.74. The number of hydrogen-bond acceptors (Lipinski definition) is 6. The van der Waals surface area contributed by atoms with Gasteiger partial charge in [0.05, 0.1) is 15.7 Å². The van der Waals surface area contributed by atoms with E-state index in [4.69, 9.17) is 39.4 Å². The number of hydrogen-bond donors (Lipinski definition) is 2. The molecule has 0 saturated carbocycles. The van der Waals surface area contributed by atoms with Crippen LogP contribution in [0.2, 0.25) is 10.0 Å². The lowest BCUT2D eigenvalue weighted by Gasteiger charge is -2.36. The van der Waals surface area contributed by atoms with Crippen molar-refractivity contribution in [2.75, 3.05) is 25.4 Å². The van der Waals surface area contributed by atoms with Crippen LogP contribution in [-0.2, 0) is 6.54 Å². The van der Waals surface area contributed by atoms with Crippen molar-refractivity contribution in [3.8, 4) is 17.0 Å². The molecule has 34 heavy (non-hydrogen) atoms. The summed E-state index contributed by atoms with van der Waals surface area (Å²) < 4.78 is 6.57. The van der Waals surface area contributed by atoms with Gasteiger partial charge in [0.2, 0.25) is 0 Å². The number of thiazole rings is 1. The van der Waals surface area contributed by atoms with Gasteiger partial charge in [-0.1, -0.05) is 29.3 Å². The number of rotatable bonds is 9. The Balaban J connectivity index is 1.38. The van der Waals surface area contributed by atoms with Crippen molar-refractivity contribution >= 4 is 39.7 Å². The zero-order valence-electron chi connectivity index (χ0n) is 19.5. The second-order valence-corrected chi connectivity index (χ2v) is 10.7. The van der Waals surface area contributed by atoms with E-state index in [1.165, 1.54) is 16.9 Å². The maximum atomic E-state index is 6.57. The van der Waals surface area contributed by atoms with Gasteiger partial charge in [0.25, 0.3) is 0 Å². The molecular weight excluding hydrogens is 487 g/mol. The fraction of sp³-hybridized carbons (Fsp3) is 0.423. The summed E-state index contributed by atoms with van der Waals surface area (Å²) in [6.07, 6.45) is 4.30. The van der Waals surface area contributed by atoms with E-state index in [-0.39, 0.29) is 6.10 Å². The molecule has 4 rings (SSSR count). The third-order valence-corrected chi connectivity index (χ3v) is 7.94. The molecule has 2 aromatic carbocycles. The predicted molar refractivity (Wildman–Crippen MR) is 144 cm³/mol. The third-order valence-electron chi connectivity index (χ3n) is 6.52. The standard InChI is InChI=1S/C26H32Cl2N4OS/c1-17-13-20(5-6-21(17)24-16-34-26(30)31-24)33-25(3-2-10-29)19-8-11-32(12-9-19)15-18-4-7-22(27)23(28)14-18/h4-7,13-14,16,19,25H,2-3,8-12,15,29H2,1H3,(H2,30,31). The quantitative estimate of drug-likeness (QED) is 0.342. The second kappa shape index (κ2) is 11.7. The van der Waals surface area contributed by atoms with E-state index in [9.17, 15) is 0 Å². The molecule has 3 aromatic rings. The highest BCUT2D eigenvalue weighted by Crippen LogP contribution is 2.32. The molecule has 0 radical (unpaired) electrons. The van der Waals surface area contributed by atoms with E-state index in [1.807, 2.05) is 23.6 Å². The SMILES string of the molecule is Cc1cc(OC(CCCN)C2CCN(Cc3ccc(Cl)c(Cl)c3)CC2)ccc1-c1csc(N)n1. The predicted octanol–water partition coefficient (Wildman–Crippen LogP) is 6.41. The van der Waals surface area contributed by atoms with Gasteiger partial charge in [-0.15, -0.1) is 11.3 Å². The lowest BCUT2D eigenvalue weighted by atomic mass is 9.88. The van der Waals surface area contributed by atoms with Crippen molar-refractivity contribution in [1.82, 2.24) is 9.88 Å². The van der Waals surface area contributed by atoms with Gasteiger partial charge in [-0.2, -0.15) is 0 Å². The number of piperidine rings is 1. The summed E-state index contributed by atoms with van der Waals surface area (Å²) >= 11 is 13.7. The highest BCUT2D eigenvalue weighted by molar-refractivity contribution is 7.13. The van der Waals surface area contributed by atoms with Crippen LogP contribution in [0.5, 0.6) is 5.75 Å². The molecule has 1 unspecified atom stereocenters. The Morgan fingerprint density at radius 2 is 1.94 bits per heavy atom. The maximum Gasteiger partial charge on any atom is 0.180 e. The first-order chi connectivity index (χ1) is 16.4. The number of nitrogens with two attached hydrogens (primary N) is 2. The molecule has 0 spiro atoms. The topological polar surface area (TPSA) is 77.4 Å². The largest absolute Gasteiger partial charge is 0.490 e. The van der Waals surface area contributed by atoms with Gasteiger partial charge in [-0.25, -0.2) is 4.98 Å². The van der Waals surface area contributed by atoms with E-state index in [1.54, 1.807) is 0 Å². The molecule has 0 amide bonds. The molecule has 1 saturated heterocycles. The molecule has 1 aromatic heterocycles. The molecule has 8 heteroatoms. The number of aryl methyl sites for hydroxylation is 1. The molecule has 4 N–H and O–H groups in total. The van der Waals surface area contributed by atoms with Crippen molar-refractivity contribution in [2.45, 2.75) is 45.3 Å². The minimum absolute atomic E-state index is 0.163. The summed E-state index contributed by atoms with van der Waals surface area (Å²) in [7, 11) is 0. The van der Waals surface area contributed by atoms with E-state index in [2.05, 4.69) is 35.0 Å². The molecule has 0 bridgehead atoms. The maximum absolute atomic E-state index is 6.57. The third kappa shape index (κ3) is 6.43. The molecule has 182 valence electrons. The summed E-state index contributed by atoms with van der Waals surface area (Å²) in [6, 6.07) is 12.1. The van der Waals surface area contributed by atoms with Crippen LogP contribution in [-0.4, -0.2) is 35.6 Å². The molecule has 0 aliphatic carbocycles. The zero-order chi connectivity index (χ0) is 24.1. The minimum atomic E-state index is 0.163. The van der Waals surface area contributed by atoms with Gasteiger partial charge in [-0.05, 0) is 99.6 Å². The average molecular weight is 520 g/mol. The van der Waals surface area contributed by atoms with Crippen LogP contribution in [0.4, 0.5) is 5.13 Å². The fourth-order valence-electron chi connectivity index (χ4n) is 4.67. The van der Waals surface area contributed by atoms with E-state index < -0.39 is 0 Å². The number of aromatic nitrogens is 1. The average Bonchev–Trinajstić information content (AvgIpc) is 3.25. The second-order valence-electron chi connectivity index (χ2n) is 9.00. The molecule has 1 aliphatic rings. The monoisotopic (exact) mass is 518 g/mol. The first-order valence-electron chi connectivity index (χ1n) is 11.8. The van der Waals surface area contributed by atoms with Gasteiger partial charge in [-0.3, -0.25) is 4.90 Å². The smallest absolute Gasteiger partial charge is 0.180 e. The fourth-order valence-corrected chi connectivity index (χ4v) is 5.56. The normalized spacial score (nSPS) is 16.0. The van der Waals surface area contributed by atoms with Crippen LogP contribution in [0.1, 0.15) is 36.8 Å². The Morgan fingerprint density at radius 1 is 1.15 bits per heavy atom. The van der Waals surface area contributed by atoms with Crippen molar-refractivity contribution < 1.29 is 4.74 Å². The van der Waals surface area contributed by atoms with Crippen LogP contribution in [0, 0.1) is 12.8 Å². The summed E-state index contributed by atoms with van der Waals surface area (Å²) in [4.78, 5) is 6.90. The Hall–Kier alpha value is -1.83. The number of nitrogen functional groups attached to an aromatic ring is 1. The van der Waals surface area contributed by atoms with Gasteiger partial charge in [0.15, 0.2) is 5.13 Å². The van der Waals surface area contributed by atoms with Crippen molar-refractivity contribution in [1.29, 1.82) is 0 Å². The number of likely N-dealkylation sites (tertiary alicyclic amines) is 1. The van der Waals surface area contributed by atoms with Crippen LogP contribution >= 0.6 is 34.5 Å². The molecule has 1 aliphatic heterocycles. The number of nitrogens with zero attached hydrogens (tertiary/aromatic N) is 2. The first-order valence-corrected chi connectivity index (χ1v) is 13.4. The van der Waals surface area contributed by atoms with E-state index in [0.29, 0.717) is 27.6 Å². The summed E-state index contributed by atoms with van der Waals surface area (Å²) in [5.74, 6) is 1.42. The van der Waals surface area contributed by atoms with Gasteiger partial charge in [0, 0.05) is 17.5 Å². The lowest BCUT2D eigenvalue weighted by molar-refractivity contribution is 0.0678. The summed E-state index contributed by atoms with van der Waals surface area (Å²) in [5.41, 5.74) is 16.0. The van der Waals surface area contributed by atoms with Crippen LogP contribution in [0.3, 0.4) is 0 Å². The highest BCUT2D eigenvalue weighted by atomic mass is 35.5. The Labute approximate surface area is 216 Å². The van der Waals surface area contributed by atoms with Gasteiger partial charge in [0.1, 0.15) is 11.9 Å². The van der Waals surface area contributed by atoms with Gasteiger partial charge >= 0.3 is 0 Å². The number of benzene rings is 2. The molecule has 1 fully saturated rings. The number of anilines is 1. The number of halogens is 2. The Bertz CT molecular complexity index is 1100. The first kappa shape index (κ1) is 25.3. The van der Waals surface area contributed by atoms with Crippen molar-refractivity contribution in [2.24, 2.45) is 11.7 Å². The molecular formula is C26H32Cl2N4OS. The molecule has 2 heterocycles. The van der Waals surface area contributed by atoms with Crippen LogP contribution in [0.15, 0.2) is 41.8 Å².